The van der Waals surface area contributed by atoms with Gasteiger partial charge in [-0.05, 0) is 85.5 Å². The van der Waals surface area contributed by atoms with E-state index in [-0.39, 0.29) is 60.0 Å². The standard InChI is InChI=1S/C36H34O10/c1-22(2)32(37)42-15-17-44-35(40)27-11-7-25(8-12-27)29-19-30(21-31(20-29)46-34(39)24(5)6)26-9-13-28(14-10-26)36(41)45-18-16-43-33(38)23(3)4/h7-14,19-21H,1,3,5,15-18H2,2,4,6H3. The van der Waals surface area contributed by atoms with E-state index in [0.717, 1.165) is 0 Å². The van der Waals surface area contributed by atoms with E-state index in [0.29, 0.717) is 22.3 Å². The average Bonchev–Trinajstić information content (AvgIpc) is 3.04. The van der Waals surface area contributed by atoms with Gasteiger partial charge in [0, 0.05) is 16.7 Å². The van der Waals surface area contributed by atoms with Crippen LogP contribution in [0.25, 0.3) is 22.3 Å². The molecule has 0 aliphatic carbocycles. The summed E-state index contributed by atoms with van der Waals surface area (Å²) in [6.07, 6.45) is 0. The Morgan fingerprint density at radius 3 is 1.17 bits per heavy atom. The third kappa shape index (κ3) is 10.2. The minimum absolute atomic E-state index is 0.0941. The number of benzene rings is 3. The summed E-state index contributed by atoms with van der Waals surface area (Å²) in [5.74, 6) is -2.64. The zero-order valence-corrected chi connectivity index (χ0v) is 25.9. The molecule has 3 aromatic carbocycles. The lowest BCUT2D eigenvalue weighted by atomic mass is 9.97. The van der Waals surface area contributed by atoms with Gasteiger partial charge in [0.1, 0.15) is 32.2 Å². The maximum absolute atomic E-state index is 12.4. The molecule has 0 radical (unpaired) electrons. The van der Waals surface area contributed by atoms with Crippen molar-refractivity contribution in [1.29, 1.82) is 0 Å². The number of rotatable bonds is 14. The molecule has 0 saturated heterocycles. The smallest absolute Gasteiger partial charge is 0.338 e. The number of esters is 5. The van der Waals surface area contributed by atoms with Crippen LogP contribution in [0, 0.1) is 0 Å². The Labute approximate surface area is 266 Å². The van der Waals surface area contributed by atoms with Crippen molar-refractivity contribution in [3.63, 3.8) is 0 Å². The molecule has 0 bridgehead atoms. The van der Waals surface area contributed by atoms with E-state index < -0.39 is 29.8 Å². The Balaban J connectivity index is 1.76. The normalized spacial score (nSPS) is 10.2. The number of carbonyl (C=O) groups is 5. The third-order valence-electron chi connectivity index (χ3n) is 6.17. The molecule has 0 saturated carbocycles. The molecule has 238 valence electrons. The quantitative estimate of drug-likeness (QED) is 0.0685. The molecular formula is C36H34O10. The summed E-state index contributed by atoms with van der Waals surface area (Å²) in [4.78, 5) is 60.1. The van der Waals surface area contributed by atoms with Crippen LogP contribution in [0.3, 0.4) is 0 Å². The van der Waals surface area contributed by atoms with Crippen molar-refractivity contribution in [3.8, 4) is 28.0 Å². The summed E-state index contributed by atoms with van der Waals surface area (Å²) >= 11 is 0. The Kier molecular flexibility index (Phi) is 12.3. The van der Waals surface area contributed by atoms with Crippen LogP contribution in [0.1, 0.15) is 41.5 Å². The molecular weight excluding hydrogens is 592 g/mol. The summed E-state index contributed by atoms with van der Waals surface area (Å²) in [5.41, 5.74) is 4.09. The highest BCUT2D eigenvalue weighted by Crippen LogP contribution is 2.32. The molecule has 0 unspecified atom stereocenters. The highest BCUT2D eigenvalue weighted by Gasteiger charge is 2.14. The molecule has 0 aliphatic rings. The summed E-state index contributed by atoms with van der Waals surface area (Å²) in [6, 6.07) is 18.4. The number of hydrogen-bond donors (Lipinski definition) is 0. The fourth-order valence-electron chi connectivity index (χ4n) is 3.73. The van der Waals surface area contributed by atoms with Crippen molar-refractivity contribution in [2.24, 2.45) is 0 Å². The van der Waals surface area contributed by atoms with Gasteiger partial charge in [0.2, 0.25) is 0 Å². The second kappa shape index (κ2) is 16.3. The minimum Gasteiger partial charge on any atom is -0.459 e. The van der Waals surface area contributed by atoms with E-state index in [4.69, 9.17) is 23.7 Å². The van der Waals surface area contributed by atoms with E-state index in [9.17, 15) is 24.0 Å². The first kappa shape index (κ1) is 34.7. The van der Waals surface area contributed by atoms with Gasteiger partial charge in [0.15, 0.2) is 0 Å². The van der Waals surface area contributed by atoms with Crippen molar-refractivity contribution < 1.29 is 47.7 Å². The molecule has 0 spiro atoms. The SMILES string of the molecule is C=C(C)C(=O)OCCOC(=O)c1ccc(-c2cc(OC(=O)C(=C)C)cc(-c3ccc(C(=O)OCCOC(=O)C(=C)C)cc3)c2)cc1. The molecule has 3 aromatic rings. The second-order valence-electron chi connectivity index (χ2n) is 10.2. The van der Waals surface area contributed by atoms with Crippen LogP contribution in [0.4, 0.5) is 0 Å². The van der Waals surface area contributed by atoms with Crippen molar-refractivity contribution >= 4 is 29.8 Å². The molecule has 3 rings (SSSR count). The van der Waals surface area contributed by atoms with Crippen molar-refractivity contribution in [1.82, 2.24) is 0 Å². The summed E-state index contributed by atoms with van der Waals surface area (Å²) in [5, 5.41) is 0. The van der Waals surface area contributed by atoms with E-state index in [2.05, 4.69) is 19.7 Å². The van der Waals surface area contributed by atoms with Crippen LogP contribution in [0.2, 0.25) is 0 Å². The first-order chi connectivity index (χ1) is 21.8. The Morgan fingerprint density at radius 2 is 0.826 bits per heavy atom. The van der Waals surface area contributed by atoms with Gasteiger partial charge in [-0.15, -0.1) is 0 Å². The molecule has 0 N–H and O–H groups in total. The topological polar surface area (TPSA) is 132 Å². The van der Waals surface area contributed by atoms with Gasteiger partial charge in [-0.3, -0.25) is 0 Å². The van der Waals surface area contributed by atoms with E-state index in [1.807, 2.05) is 6.07 Å². The van der Waals surface area contributed by atoms with Crippen LogP contribution in [-0.2, 0) is 33.3 Å². The average molecular weight is 627 g/mol. The van der Waals surface area contributed by atoms with E-state index in [1.54, 1.807) is 60.7 Å². The Morgan fingerprint density at radius 1 is 0.478 bits per heavy atom. The van der Waals surface area contributed by atoms with E-state index >= 15 is 0 Å². The van der Waals surface area contributed by atoms with Gasteiger partial charge in [-0.2, -0.15) is 0 Å². The Hall–Kier alpha value is -5.77. The van der Waals surface area contributed by atoms with Gasteiger partial charge in [0.05, 0.1) is 11.1 Å². The zero-order valence-electron chi connectivity index (χ0n) is 25.9. The first-order valence-corrected chi connectivity index (χ1v) is 14.1. The van der Waals surface area contributed by atoms with Gasteiger partial charge in [0.25, 0.3) is 0 Å². The van der Waals surface area contributed by atoms with Crippen LogP contribution in [0.15, 0.2) is 103 Å². The van der Waals surface area contributed by atoms with Crippen LogP contribution < -0.4 is 4.74 Å². The van der Waals surface area contributed by atoms with Crippen molar-refractivity contribution in [2.75, 3.05) is 26.4 Å². The predicted molar refractivity (Wildman–Crippen MR) is 170 cm³/mol. The molecule has 0 fully saturated rings. The summed E-state index contributed by atoms with van der Waals surface area (Å²) in [6.45, 7) is 14.8. The van der Waals surface area contributed by atoms with Crippen LogP contribution >= 0.6 is 0 Å². The van der Waals surface area contributed by atoms with E-state index in [1.165, 1.54) is 20.8 Å². The van der Waals surface area contributed by atoms with Gasteiger partial charge >= 0.3 is 29.8 Å². The zero-order chi connectivity index (χ0) is 33.8. The molecule has 0 amide bonds. The summed E-state index contributed by atoms with van der Waals surface area (Å²) < 4.78 is 25.7. The fraction of sp³-hybridized carbons (Fsp3) is 0.194. The molecule has 10 heteroatoms. The maximum atomic E-state index is 12.4. The maximum Gasteiger partial charge on any atom is 0.338 e. The van der Waals surface area contributed by atoms with Crippen LogP contribution in [0.5, 0.6) is 5.75 Å². The monoisotopic (exact) mass is 626 g/mol. The molecule has 0 heterocycles. The third-order valence-corrected chi connectivity index (χ3v) is 6.17. The first-order valence-electron chi connectivity index (χ1n) is 14.1. The number of carbonyl (C=O) groups excluding carboxylic acids is 5. The fourth-order valence-corrected chi connectivity index (χ4v) is 3.73. The van der Waals surface area contributed by atoms with Crippen molar-refractivity contribution in [2.45, 2.75) is 20.8 Å². The lowest BCUT2D eigenvalue weighted by molar-refractivity contribution is -0.140. The highest BCUT2D eigenvalue weighted by atomic mass is 16.6. The Bertz CT molecular complexity index is 1560. The highest BCUT2D eigenvalue weighted by molar-refractivity contribution is 5.92. The molecule has 10 nitrogen and oxygen atoms in total. The van der Waals surface area contributed by atoms with Gasteiger partial charge < -0.3 is 23.7 Å². The van der Waals surface area contributed by atoms with Crippen molar-refractivity contribution in [3.05, 3.63) is 114 Å². The molecule has 0 aromatic heterocycles. The second-order valence-corrected chi connectivity index (χ2v) is 10.2. The predicted octanol–water partition coefficient (Wildman–Crippen LogP) is 6.05. The van der Waals surface area contributed by atoms with Gasteiger partial charge in [-0.25, -0.2) is 24.0 Å². The lowest BCUT2D eigenvalue weighted by Crippen LogP contribution is -2.14. The van der Waals surface area contributed by atoms with Gasteiger partial charge in [-0.1, -0.05) is 44.0 Å². The minimum atomic E-state index is -0.595. The summed E-state index contributed by atoms with van der Waals surface area (Å²) in [7, 11) is 0. The largest absolute Gasteiger partial charge is 0.459 e. The van der Waals surface area contributed by atoms with Crippen LogP contribution in [-0.4, -0.2) is 56.3 Å². The molecule has 46 heavy (non-hydrogen) atoms. The number of ether oxygens (including phenoxy) is 5. The molecule has 0 aliphatic heterocycles. The number of hydrogen-bond acceptors (Lipinski definition) is 10. The lowest BCUT2D eigenvalue weighted by Gasteiger charge is -2.12. The molecule has 0 atom stereocenters.